The minimum absolute atomic E-state index is 0. The van der Waals surface area contributed by atoms with Gasteiger partial charge in [0.2, 0.25) is 0 Å². The Labute approximate surface area is 183 Å². The van der Waals surface area contributed by atoms with Crippen molar-refractivity contribution in [3.05, 3.63) is 51.0 Å². The van der Waals surface area contributed by atoms with Crippen LogP contribution in [0.3, 0.4) is 0 Å². The molecule has 7 heteroatoms. The van der Waals surface area contributed by atoms with Gasteiger partial charge in [-0.1, -0.05) is 24.3 Å². The maximum absolute atomic E-state index is 4.59. The lowest BCUT2D eigenvalue weighted by molar-refractivity contribution is 0.258. The molecular formula is C20H30IN5S. The van der Waals surface area contributed by atoms with E-state index in [-0.39, 0.29) is 24.0 Å². The molecular weight excluding hydrogens is 469 g/mol. The maximum Gasteiger partial charge on any atom is 0.191 e. The molecule has 148 valence electrons. The highest BCUT2D eigenvalue weighted by atomic mass is 127. The lowest BCUT2D eigenvalue weighted by atomic mass is 10.00. The van der Waals surface area contributed by atoms with Crippen LogP contribution in [0.5, 0.6) is 0 Å². The van der Waals surface area contributed by atoms with Gasteiger partial charge in [0, 0.05) is 51.1 Å². The molecule has 0 saturated heterocycles. The average Bonchev–Trinajstić information content (AvgIpc) is 2.98. The van der Waals surface area contributed by atoms with Crippen LogP contribution < -0.4 is 10.6 Å². The summed E-state index contributed by atoms with van der Waals surface area (Å²) in [6, 6.07) is 8.78. The summed E-state index contributed by atoms with van der Waals surface area (Å²) < 4.78 is 0. The van der Waals surface area contributed by atoms with Gasteiger partial charge in [-0.2, -0.15) is 0 Å². The number of hydrogen-bond acceptors (Lipinski definition) is 4. The SMILES string of the molecule is CN=C(NCCc1nc(C)c(C)s1)NCCN1CCc2ccccc2C1.I. The zero-order chi connectivity index (χ0) is 18.4. The third kappa shape index (κ3) is 6.43. The Hall–Kier alpha value is -1.19. The van der Waals surface area contributed by atoms with Crippen molar-refractivity contribution in [3.63, 3.8) is 0 Å². The molecule has 0 aliphatic carbocycles. The molecule has 0 spiro atoms. The van der Waals surface area contributed by atoms with Crippen LogP contribution >= 0.6 is 35.3 Å². The minimum Gasteiger partial charge on any atom is -0.356 e. The lowest BCUT2D eigenvalue weighted by Gasteiger charge is -2.28. The van der Waals surface area contributed by atoms with E-state index >= 15 is 0 Å². The summed E-state index contributed by atoms with van der Waals surface area (Å²) in [6.45, 7) is 9.16. The summed E-state index contributed by atoms with van der Waals surface area (Å²) in [5, 5.41) is 8.00. The van der Waals surface area contributed by atoms with Crippen LogP contribution in [0, 0.1) is 13.8 Å². The number of nitrogens with zero attached hydrogens (tertiary/aromatic N) is 3. The van der Waals surface area contributed by atoms with Crippen LogP contribution in [0.15, 0.2) is 29.3 Å². The zero-order valence-electron chi connectivity index (χ0n) is 16.4. The third-order valence-electron chi connectivity index (χ3n) is 4.86. The Morgan fingerprint density at radius 3 is 2.63 bits per heavy atom. The van der Waals surface area contributed by atoms with Gasteiger partial charge in [0.05, 0.1) is 10.7 Å². The van der Waals surface area contributed by atoms with Gasteiger partial charge in [0.25, 0.3) is 0 Å². The van der Waals surface area contributed by atoms with Gasteiger partial charge in [-0.15, -0.1) is 35.3 Å². The molecule has 2 aromatic rings. The van der Waals surface area contributed by atoms with Crippen molar-refractivity contribution in [3.8, 4) is 0 Å². The fraction of sp³-hybridized carbons (Fsp3) is 0.500. The van der Waals surface area contributed by atoms with Gasteiger partial charge >= 0.3 is 0 Å². The van der Waals surface area contributed by atoms with Crippen molar-refractivity contribution in [2.45, 2.75) is 33.2 Å². The number of aromatic nitrogens is 1. The van der Waals surface area contributed by atoms with Crippen molar-refractivity contribution in [1.29, 1.82) is 0 Å². The first-order chi connectivity index (χ1) is 12.7. The van der Waals surface area contributed by atoms with E-state index in [9.17, 15) is 0 Å². The van der Waals surface area contributed by atoms with E-state index < -0.39 is 0 Å². The number of aryl methyl sites for hydroxylation is 2. The molecule has 0 amide bonds. The summed E-state index contributed by atoms with van der Waals surface area (Å²) in [6.07, 6.45) is 2.08. The Kier molecular flexibility index (Phi) is 8.98. The molecule has 0 saturated carbocycles. The predicted octanol–water partition coefficient (Wildman–Crippen LogP) is 3.14. The quantitative estimate of drug-likeness (QED) is 0.365. The summed E-state index contributed by atoms with van der Waals surface area (Å²) in [5.41, 5.74) is 4.12. The Morgan fingerprint density at radius 1 is 1.19 bits per heavy atom. The molecule has 0 bridgehead atoms. The van der Waals surface area contributed by atoms with Crippen LogP contribution in [0.4, 0.5) is 0 Å². The molecule has 0 radical (unpaired) electrons. The summed E-state index contributed by atoms with van der Waals surface area (Å²) in [4.78, 5) is 12.7. The number of fused-ring (bicyclic) bond motifs is 1. The van der Waals surface area contributed by atoms with Gasteiger partial charge in [0.15, 0.2) is 5.96 Å². The zero-order valence-corrected chi connectivity index (χ0v) is 19.6. The first-order valence-electron chi connectivity index (χ1n) is 9.32. The standard InChI is InChI=1S/C20H29N5S.HI/c1-15-16(2)26-19(24-15)8-10-22-20(21-3)23-11-13-25-12-9-17-6-4-5-7-18(17)14-25;/h4-7H,8-14H2,1-3H3,(H2,21,22,23);1H. The van der Waals surface area contributed by atoms with E-state index in [0.717, 1.165) is 57.2 Å². The Balaban J connectivity index is 0.00000261. The largest absolute Gasteiger partial charge is 0.356 e. The fourth-order valence-electron chi connectivity index (χ4n) is 3.23. The van der Waals surface area contributed by atoms with Crippen molar-refractivity contribution in [1.82, 2.24) is 20.5 Å². The van der Waals surface area contributed by atoms with E-state index in [2.05, 4.69) is 63.6 Å². The monoisotopic (exact) mass is 499 g/mol. The number of rotatable bonds is 6. The third-order valence-corrected chi connectivity index (χ3v) is 5.99. The molecule has 5 nitrogen and oxygen atoms in total. The second kappa shape index (κ2) is 11.0. The van der Waals surface area contributed by atoms with E-state index in [1.54, 1.807) is 11.3 Å². The number of halogens is 1. The van der Waals surface area contributed by atoms with Crippen LogP contribution in [0.1, 0.15) is 26.7 Å². The van der Waals surface area contributed by atoms with Gasteiger partial charge in [-0.25, -0.2) is 4.98 Å². The molecule has 1 aliphatic heterocycles. The topological polar surface area (TPSA) is 52.6 Å². The van der Waals surface area contributed by atoms with E-state index in [1.807, 2.05) is 7.05 Å². The van der Waals surface area contributed by atoms with Crippen LogP contribution in [-0.2, 0) is 19.4 Å². The second-order valence-electron chi connectivity index (χ2n) is 6.72. The highest BCUT2D eigenvalue weighted by Gasteiger charge is 2.15. The van der Waals surface area contributed by atoms with Gasteiger partial charge in [0.1, 0.15) is 0 Å². The molecule has 1 aromatic heterocycles. The fourth-order valence-corrected chi connectivity index (χ4v) is 4.17. The van der Waals surface area contributed by atoms with Gasteiger partial charge in [-0.3, -0.25) is 9.89 Å². The number of thiazole rings is 1. The highest BCUT2D eigenvalue weighted by Crippen LogP contribution is 2.18. The molecule has 3 rings (SSSR count). The number of guanidine groups is 1. The van der Waals surface area contributed by atoms with Crippen molar-refractivity contribution in [2.75, 3.05) is 33.2 Å². The highest BCUT2D eigenvalue weighted by molar-refractivity contribution is 14.0. The van der Waals surface area contributed by atoms with E-state index in [1.165, 1.54) is 21.0 Å². The smallest absolute Gasteiger partial charge is 0.191 e. The molecule has 1 aliphatic rings. The lowest BCUT2D eigenvalue weighted by Crippen LogP contribution is -2.43. The number of hydrogen-bond donors (Lipinski definition) is 2. The Morgan fingerprint density at radius 2 is 1.93 bits per heavy atom. The number of aliphatic imine (C=N–C) groups is 1. The predicted molar refractivity (Wildman–Crippen MR) is 125 cm³/mol. The first-order valence-corrected chi connectivity index (χ1v) is 10.1. The summed E-state index contributed by atoms with van der Waals surface area (Å²) in [5.74, 6) is 0.868. The molecule has 1 aromatic carbocycles. The van der Waals surface area contributed by atoms with Crippen molar-refractivity contribution < 1.29 is 0 Å². The number of benzene rings is 1. The molecule has 0 fully saturated rings. The number of nitrogens with one attached hydrogen (secondary N) is 2. The second-order valence-corrected chi connectivity index (χ2v) is 8.01. The molecule has 27 heavy (non-hydrogen) atoms. The normalized spacial score (nSPS) is 14.4. The van der Waals surface area contributed by atoms with E-state index in [4.69, 9.17) is 0 Å². The van der Waals surface area contributed by atoms with Crippen molar-refractivity contribution in [2.24, 2.45) is 4.99 Å². The Bertz CT molecular complexity index is 739. The maximum atomic E-state index is 4.59. The molecule has 2 heterocycles. The summed E-state index contributed by atoms with van der Waals surface area (Å²) in [7, 11) is 1.82. The van der Waals surface area contributed by atoms with Crippen molar-refractivity contribution >= 4 is 41.3 Å². The average molecular weight is 499 g/mol. The molecule has 2 N–H and O–H groups in total. The van der Waals surface area contributed by atoms with Gasteiger partial charge < -0.3 is 10.6 Å². The van der Waals surface area contributed by atoms with Crippen LogP contribution in [0.25, 0.3) is 0 Å². The summed E-state index contributed by atoms with van der Waals surface area (Å²) >= 11 is 1.79. The van der Waals surface area contributed by atoms with E-state index in [0.29, 0.717) is 0 Å². The first kappa shape index (κ1) is 22.1. The minimum atomic E-state index is 0. The molecule has 0 unspecified atom stereocenters. The van der Waals surface area contributed by atoms with Gasteiger partial charge in [-0.05, 0) is 31.4 Å². The molecule has 0 atom stereocenters. The van der Waals surface area contributed by atoms with Crippen LogP contribution in [0.2, 0.25) is 0 Å². The van der Waals surface area contributed by atoms with Crippen LogP contribution in [-0.4, -0.2) is 49.1 Å².